The summed E-state index contributed by atoms with van der Waals surface area (Å²) >= 11 is 0. The smallest absolute Gasteiger partial charge is 0.253 e. The molecule has 0 aromatic heterocycles. The van der Waals surface area contributed by atoms with Crippen molar-refractivity contribution in [3.8, 4) is 5.75 Å². The van der Waals surface area contributed by atoms with Crippen molar-refractivity contribution in [3.05, 3.63) is 92.0 Å². The molecule has 3 unspecified atom stereocenters. The minimum atomic E-state index is -1.29. The second kappa shape index (κ2) is 14.3. The molecule has 3 aliphatic rings. The Kier molecular flexibility index (Phi) is 10.2. The molecule has 270 valence electrons. The van der Waals surface area contributed by atoms with Gasteiger partial charge in [-0.2, -0.15) is 0 Å². The van der Waals surface area contributed by atoms with Crippen molar-refractivity contribution in [2.75, 3.05) is 36.1 Å². The average Bonchev–Trinajstić information content (AvgIpc) is 3.64. The molecule has 0 saturated carbocycles. The van der Waals surface area contributed by atoms with E-state index in [9.17, 15) is 9.90 Å². The number of aliphatic hydroxyl groups is 1. The van der Waals surface area contributed by atoms with E-state index in [0.717, 1.165) is 10.8 Å². The third-order valence-electron chi connectivity index (χ3n) is 11.3. The molecule has 3 aliphatic heterocycles. The van der Waals surface area contributed by atoms with Crippen LogP contribution in [0.15, 0.2) is 92.0 Å². The van der Waals surface area contributed by atoms with E-state index in [1.807, 2.05) is 101 Å². The van der Waals surface area contributed by atoms with Crippen molar-refractivity contribution in [3.63, 3.8) is 0 Å². The molecule has 7 atom stereocenters. The maximum absolute atomic E-state index is 15.3. The van der Waals surface area contributed by atoms with Crippen LogP contribution in [0.1, 0.15) is 47.5 Å². The lowest BCUT2D eigenvalue weighted by Crippen LogP contribution is -2.59. The molecule has 3 fully saturated rings. The van der Waals surface area contributed by atoms with Gasteiger partial charge in [-0.1, -0.05) is 63.3 Å². The van der Waals surface area contributed by atoms with Gasteiger partial charge in [-0.25, -0.2) is 0 Å². The average molecular weight is 694 g/mol. The summed E-state index contributed by atoms with van der Waals surface area (Å²) in [6.07, 6.45) is 4.24. The van der Waals surface area contributed by atoms with Crippen LogP contribution in [0.4, 0.5) is 11.4 Å². The Morgan fingerprint density at radius 3 is 2.24 bits per heavy atom. The first-order valence-corrected chi connectivity index (χ1v) is 18.1. The fraction of sp³-hybridized carbons (Fsp3) is 0.452. The number of nitrogens with zero attached hydrogens (tertiary/aromatic N) is 3. The number of anilines is 2. The zero-order valence-electron chi connectivity index (χ0n) is 30.5. The molecule has 0 radical (unpaired) electrons. The number of aliphatic hydroxyl groups excluding tert-OH is 1. The third-order valence-corrected chi connectivity index (χ3v) is 11.3. The minimum absolute atomic E-state index is 0.127. The van der Waals surface area contributed by atoms with Crippen molar-refractivity contribution in [1.82, 2.24) is 4.90 Å². The molecule has 1 spiro atoms. The fourth-order valence-electron chi connectivity index (χ4n) is 9.00. The summed E-state index contributed by atoms with van der Waals surface area (Å²) in [5.74, 6) is -2.06. The van der Waals surface area contributed by atoms with Crippen LogP contribution in [0.2, 0.25) is 0 Å². The Bertz CT molecular complexity index is 1810. The molecule has 51 heavy (non-hydrogen) atoms. The molecule has 3 amide bonds. The van der Waals surface area contributed by atoms with E-state index in [2.05, 4.69) is 13.2 Å². The van der Waals surface area contributed by atoms with Gasteiger partial charge in [0, 0.05) is 24.5 Å². The van der Waals surface area contributed by atoms with Gasteiger partial charge in [0.05, 0.1) is 36.7 Å². The highest BCUT2D eigenvalue weighted by Crippen LogP contribution is 2.66. The van der Waals surface area contributed by atoms with Crippen LogP contribution < -0.4 is 14.5 Å². The quantitative estimate of drug-likeness (QED) is 0.197. The molecule has 6 rings (SSSR count). The van der Waals surface area contributed by atoms with Crippen LogP contribution >= 0.6 is 0 Å². The van der Waals surface area contributed by atoms with Gasteiger partial charge >= 0.3 is 0 Å². The summed E-state index contributed by atoms with van der Waals surface area (Å²) in [5, 5.41) is 12.8. The van der Waals surface area contributed by atoms with E-state index in [4.69, 9.17) is 9.47 Å². The van der Waals surface area contributed by atoms with Gasteiger partial charge in [0.15, 0.2) is 0 Å². The van der Waals surface area contributed by atoms with Crippen molar-refractivity contribution < 1.29 is 29.0 Å². The van der Waals surface area contributed by atoms with Gasteiger partial charge < -0.3 is 29.3 Å². The largest absolute Gasteiger partial charge is 0.494 e. The molecule has 2 bridgehead atoms. The van der Waals surface area contributed by atoms with Crippen LogP contribution in [-0.4, -0.2) is 77.3 Å². The Balaban J connectivity index is 1.47. The molecule has 1 N–H and O–H groups in total. The molecule has 3 saturated heterocycles. The standard InChI is InChI=1S/C42H51N3O6/c1-8-21-43(31-17-19-34(20-18-31)50-10-3)38(47)35-36-39(48)45(33(26-46)23-27(4)5)37(42(36)25-28(6)41(35,7)51-42)40(49)44(22-9-2)32-16-15-29-13-11-12-14-30(29)24-32/h8-9,11-20,24,27-28,33,35-37,46H,1-2,10,21-23,25-26H2,3-7H3/t28?,33-,35+,36+,37?,41-,42?/m1/s1. The lowest BCUT2D eigenvalue weighted by Gasteiger charge is -2.40. The van der Waals surface area contributed by atoms with Crippen molar-refractivity contribution in [2.45, 2.75) is 70.7 Å². The summed E-state index contributed by atoms with van der Waals surface area (Å²) in [6.45, 7) is 18.4. The molecular weight excluding hydrogens is 642 g/mol. The van der Waals surface area contributed by atoms with Gasteiger partial charge in [0.25, 0.3) is 5.91 Å². The minimum Gasteiger partial charge on any atom is -0.494 e. The molecule has 9 nitrogen and oxygen atoms in total. The van der Waals surface area contributed by atoms with Crippen LogP contribution in [0.25, 0.3) is 10.8 Å². The second-order valence-electron chi connectivity index (χ2n) is 14.8. The maximum Gasteiger partial charge on any atom is 0.253 e. The first-order valence-electron chi connectivity index (χ1n) is 18.1. The maximum atomic E-state index is 15.3. The van der Waals surface area contributed by atoms with E-state index in [1.165, 1.54) is 0 Å². The molecule has 3 heterocycles. The predicted molar refractivity (Wildman–Crippen MR) is 201 cm³/mol. The number of hydrogen-bond donors (Lipinski definition) is 1. The number of likely N-dealkylation sites (tertiary alicyclic amines) is 1. The number of amides is 3. The number of benzene rings is 3. The molecule has 9 heteroatoms. The third kappa shape index (κ3) is 6.04. The topological polar surface area (TPSA) is 99.6 Å². The summed E-state index contributed by atoms with van der Waals surface area (Å²) in [6, 6.07) is 19.4. The SMILES string of the molecule is C=CCN(C(=O)C1N([C@@H](CO)CC(C)C)C(=O)[C@@H]2[C@@H](C(=O)N(CC=C)c3ccc(OCC)cc3)[C@]3(C)OC12CC3C)c1ccc2ccccc2c1. The van der Waals surface area contributed by atoms with E-state index >= 15 is 9.59 Å². The van der Waals surface area contributed by atoms with Gasteiger partial charge in [0.1, 0.15) is 17.4 Å². The highest BCUT2D eigenvalue weighted by atomic mass is 16.5. The van der Waals surface area contributed by atoms with Gasteiger partial charge in [-0.05, 0) is 85.7 Å². The van der Waals surface area contributed by atoms with E-state index in [1.54, 1.807) is 26.9 Å². The Morgan fingerprint density at radius 1 is 1.00 bits per heavy atom. The number of carbonyl (C=O) groups is 3. The lowest BCUT2D eigenvalue weighted by molar-refractivity contribution is -0.149. The first kappa shape index (κ1) is 36.3. The number of fused-ring (bicyclic) bond motifs is 2. The van der Waals surface area contributed by atoms with Crippen LogP contribution in [0.3, 0.4) is 0 Å². The lowest BCUT2D eigenvalue weighted by atomic mass is 9.62. The summed E-state index contributed by atoms with van der Waals surface area (Å²) in [7, 11) is 0. The Morgan fingerprint density at radius 2 is 1.63 bits per heavy atom. The molecule has 3 aromatic carbocycles. The van der Waals surface area contributed by atoms with E-state index in [-0.39, 0.29) is 49.3 Å². The number of carbonyl (C=O) groups excluding carboxylic acids is 3. The van der Waals surface area contributed by atoms with Crippen molar-refractivity contribution >= 4 is 39.9 Å². The van der Waals surface area contributed by atoms with Gasteiger partial charge in [0.2, 0.25) is 11.8 Å². The fourth-order valence-corrected chi connectivity index (χ4v) is 9.00. The number of ether oxygens (including phenoxy) is 2. The summed E-state index contributed by atoms with van der Waals surface area (Å²) < 4.78 is 12.7. The van der Waals surface area contributed by atoms with Gasteiger partial charge in [-0.3, -0.25) is 14.4 Å². The van der Waals surface area contributed by atoms with Crippen molar-refractivity contribution in [2.24, 2.45) is 23.7 Å². The summed E-state index contributed by atoms with van der Waals surface area (Å²) in [4.78, 5) is 50.3. The van der Waals surface area contributed by atoms with E-state index < -0.39 is 35.1 Å². The number of hydrogen-bond acceptors (Lipinski definition) is 6. The van der Waals surface area contributed by atoms with E-state index in [0.29, 0.717) is 36.6 Å². The van der Waals surface area contributed by atoms with Crippen LogP contribution in [0.5, 0.6) is 5.75 Å². The highest BCUT2D eigenvalue weighted by Gasteiger charge is 2.80. The molecule has 3 aromatic rings. The molecular formula is C42H51N3O6. The summed E-state index contributed by atoms with van der Waals surface area (Å²) in [5.41, 5.74) is -0.997. The zero-order valence-corrected chi connectivity index (χ0v) is 30.5. The van der Waals surface area contributed by atoms with Crippen LogP contribution in [0, 0.1) is 23.7 Å². The predicted octanol–water partition coefficient (Wildman–Crippen LogP) is 6.39. The first-order chi connectivity index (χ1) is 24.4. The second-order valence-corrected chi connectivity index (χ2v) is 14.8. The zero-order chi connectivity index (χ0) is 36.7. The normalized spacial score (nSPS) is 27.0. The highest BCUT2D eigenvalue weighted by molar-refractivity contribution is 6.07. The van der Waals surface area contributed by atoms with Gasteiger partial charge in [-0.15, -0.1) is 13.2 Å². The van der Waals surface area contributed by atoms with Crippen molar-refractivity contribution in [1.29, 1.82) is 0 Å². The Hall–Kier alpha value is -4.47. The van der Waals surface area contributed by atoms with Crippen LogP contribution in [-0.2, 0) is 19.1 Å². The molecule has 0 aliphatic carbocycles. The monoisotopic (exact) mass is 693 g/mol. The number of rotatable bonds is 14. The Labute approximate surface area is 301 Å².